The molecule has 128 valence electrons. The Labute approximate surface area is 134 Å². The lowest BCUT2D eigenvalue weighted by Gasteiger charge is -2.30. The average molecular weight is 330 g/mol. The maximum absolute atomic E-state index is 11.9. The summed E-state index contributed by atoms with van der Waals surface area (Å²) in [4.78, 5) is 11.9. The molecule has 1 heterocycles. The summed E-state index contributed by atoms with van der Waals surface area (Å²) in [7, 11) is -3.06. The molecule has 0 atom stereocenters. The lowest BCUT2D eigenvalue weighted by molar-refractivity contribution is -0.121. The molecule has 6 heteroatoms. The molecule has 0 unspecified atom stereocenters. The predicted octanol–water partition coefficient (Wildman–Crippen LogP) is 2.13. The van der Waals surface area contributed by atoms with E-state index in [0.717, 1.165) is 25.2 Å². The van der Waals surface area contributed by atoms with Crippen molar-refractivity contribution in [2.24, 2.45) is 11.8 Å². The van der Waals surface area contributed by atoms with Crippen LogP contribution in [-0.4, -0.2) is 44.5 Å². The van der Waals surface area contributed by atoms with Gasteiger partial charge in [0.15, 0.2) is 0 Å². The van der Waals surface area contributed by atoms with Gasteiger partial charge in [0.25, 0.3) is 0 Å². The standard InChI is InChI=1S/C16H30N2O3S/c1-22(20,21)18-11-9-15(10-12-18)13-17-16(19)8-7-14-5-3-2-4-6-14/h14-15H,2-13H2,1H3,(H,17,19). The van der Waals surface area contributed by atoms with Crippen molar-refractivity contribution in [3.8, 4) is 0 Å². The Morgan fingerprint density at radius 2 is 1.68 bits per heavy atom. The number of hydrogen-bond donors (Lipinski definition) is 1. The normalized spacial score (nSPS) is 22.6. The number of nitrogens with one attached hydrogen (secondary N) is 1. The molecule has 2 aliphatic rings. The Balaban J connectivity index is 1.59. The van der Waals surface area contributed by atoms with Crippen molar-refractivity contribution in [2.45, 2.75) is 57.8 Å². The van der Waals surface area contributed by atoms with Gasteiger partial charge in [-0.1, -0.05) is 32.1 Å². The van der Waals surface area contributed by atoms with E-state index in [-0.39, 0.29) is 5.91 Å². The van der Waals surface area contributed by atoms with Crippen molar-refractivity contribution in [1.29, 1.82) is 0 Å². The molecular formula is C16H30N2O3S. The topological polar surface area (TPSA) is 66.5 Å². The molecule has 2 rings (SSSR count). The van der Waals surface area contributed by atoms with E-state index in [9.17, 15) is 13.2 Å². The summed E-state index contributed by atoms with van der Waals surface area (Å²) < 4.78 is 24.4. The van der Waals surface area contributed by atoms with Gasteiger partial charge in [0.05, 0.1) is 6.26 Å². The number of nitrogens with zero attached hydrogens (tertiary/aromatic N) is 1. The molecule has 1 amide bonds. The second-order valence-electron chi connectivity index (χ2n) is 6.95. The molecule has 1 aliphatic carbocycles. The van der Waals surface area contributed by atoms with E-state index in [1.54, 1.807) is 0 Å². The fourth-order valence-corrected chi connectivity index (χ4v) is 4.48. The number of rotatable bonds is 6. The molecule has 1 saturated heterocycles. The molecule has 5 nitrogen and oxygen atoms in total. The lowest BCUT2D eigenvalue weighted by Crippen LogP contribution is -2.41. The van der Waals surface area contributed by atoms with Gasteiger partial charge in [-0.3, -0.25) is 4.79 Å². The van der Waals surface area contributed by atoms with Crippen molar-refractivity contribution in [3.63, 3.8) is 0 Å². The largest absolute Gasteiger partial charge is 0.356 e. The Morgan fingerprint density at radius 1 is 1.05 bits per heavy atom. The van der Waals surface area contributed by atoms with E-state index in [0.29, 0.717) is 32.0 Å². The number of sulfonamides is 1. The fourth-order valence-electron chi connectivity index (χ4n) is 3.60. The van der Waals surface area contributed by atoms with Gasteiger partial charge in [-0.25, -0.2) is 12.7 Å². The molecule has 1 aliphatic heterocycles. The Kier molecular flexibility index (Phi) is 6.68. The molecule has 0 spiro atoms. The second kappa shape index (κ2) is 8.29. The van der Waals surface area contributed by atoms with Gasteiger partial charge < -0.3 is 5.32 Å². The number of carbonyl (C=O) groups excluding carboxylic acids is 1. The van der Waals surface area contributed by atoms with Crippen LogP contribution in [0.5, 0.6) is 0 Å². The maximum atomic E-state index is 11.9. The summed E-state index contributed by atoms with van der Waals surface area (Å²) in [5.74, 6) is 1.32. The van der Waals surface area contributed by atoms with Crippen LogP contribution in [0.15, 0.2) is 0 Å². The zero-order valence-electron chi connectivity index (χ0n) is 13.7. The van der Waals surface area contributed by atoms with Crippen molar-refractivity contribution in [3.05, 3.63) is 0 Å². The predicted molar refractivity (Wildman–Crippen MR) is 88.0 cm³/mol. The van der Waals surface area contributed by atoms with Gasteiger partial charge in [0.1, 0.15) is 0 Å². The first-order chi connectivity index (χ1) is 10.4. The average Bonchev–Trinajstić information content (AvgIpc) is 2.51. The van der Waals surface area contributed by atoms with Crippen LogP contribution < -0.4 is 5.32 Å². The van der Waals surface area contributed by atoms with Crippen molar-refractivity contribution in [1.82, 2.24) is 9.62 Å². The van der Waals surface area contributed by atoms with Crippen LogP contribution in [-0.2, 0) is 14.8 Å². The van der Waals surface area contributed by atoms with E-state index in [1.165, 1.54) is 42.7 Å². The summed E-state index contributed by atoms with van der Waals surface area (Å²) in [5, 5.41) is 3.04. The SMILES string of the molecule is CS(=O)(=O)N1CCC(CNC(=O)CCC2CCCCC2)CC1. The van der Waals surface area contributed by atoms with Crippen molar-refractivity contribution in [2.75, 3.05) is 25.9 Å². The smallest absolute Gasteiger partial charge is 0.220 e. The highest BCUT2D eigenvalue weighted by Crippen LogP contribution is 2.27. The van der Waals surface area contributed by atoms with Crippen LogP contribution in [0.25, 0.3) is 0 Å². The Hall–Kier alpha value is -0.620. The van der Waals surface area contributed by atoms with Gasteiger partial charge >= 0.3 is 0 Å². The molecule has 22 heavy (non-hydrogen) atoms. The van der Waals surface area contributed by atoms with Crippen LogP contribution in [0.4, 0.5) is 0 Å². The maximum Gasteiger partial charge on any atom is 0.220 e. The van der Waals surface area contributed by atoms with E-state index in [4.69, 9.17) is 0 Å². The van der Waals surface area contributed by atoms with Gasteiger partial charge in [-0.15, -0.1) is 0 Å². The first kappa shape index (κ1) is 17.7. The van der Waals surface area contributed by atoms with Crippen LogP contribution in [0.1, 0.15) is 57.8 Å². The van der Waals surface area contributed by atoms with Crippen LogP contribution in [0.3, 0.4) is 0 Å². The molecule has 0 aromatic heterocycles. The highest BCUT2D eigenvalue weighted by Gasteiger charge is 2.25. The number of amides is 1. The first-order valence-electron chi connectivity index (χ1n) is 8.67. The molecular weight excluding hydrogens is 300 g/mol. The fraction of sp³-hybridized carbons (Fsp3) is 0.938. The highest BCUT2D eigenvalue weighted by atomic mass is 32.2. The molecule has 0 aromatic rings. The van der Waals surface area contributed by atoms with Crippen LogP contribution in [0, 0.1) is 11.8 Å². The van der Waals surface area contributed by atoms with Crippen molar-refractivity contribution < 1.29 is 13.2 Å². The number of piperidine rings is 1. The van der Waals surface area contributed by atoms with Crippen molar-refractivity contribution >= 4 is 15.9 Å². The molecule has 1 saturated carbocycles. The third kappa shape index (κ3) is 5.88. The minimum atomic E-state index is -3.06. The van der Waals surface area contributed by atoms with E-state index < -0.39 is 10.0 Å². The van der Waals surface area contributed by atoms with Gasteiger partial charge in [-0.05, 0) is 31.1 Å². The first-order valence-corrected chi connectivity index (χ1v) is 10.5. The third-order valence-corrected chi connectivity index (χ3v) is 6.44. The Bertz CT molecular complexity index is 450. The molecule has 0 aromatic carbocycles. The molecule has 1 N–H and O–H groups in total. The Morgan fingerprint density at radius 3 is 2.27 bits per heavy atom. The second-order valence-corrected chi connectivity index (χ2v) is 8.93. The van der Waals surface area contributed by atoms with Gasteiger partial charge in [-0.2, -0.15) is 0 Å². The van der Waals surface area contributed by atoms with E-state index >= 15 is 0 Å². The van der Waals surface area contributed by atoms with E-state index in [1.807, 2.05) is 0 Å². The van der Waals surface area contributed by atoms with Gasteiger partial charge in [0, 0.05) is 26.1 Å². The van der Waals surface area contributed by atoms with Crippen LogP contribution >= 0.6 is 0 Å². The number of hydrogen-bond acceptors (Lipinski definition) is 3. The monoisotopic (exact) mass is 330 g/mol. The van der Waals surface area contributed by atoms with Crippen LogP contribution in [0.2, 0.25) is 0 Å². The summed E-state index contributed by atoms with van der Waals surface area (Å²) >= 11 is 0. The highest BCUT2D eigenvalue weighted by molar-refractivity contribution is 7.88. The summed E-state index contributed by atoms with van der Waals surface area (Å²) in [6, 6.07) is 0. The third-order valence-electron chi connectivity index (χ3n) is 5.13. The van der Waals surface area contributed by atoms with E-state index in [2.05, 4.69) is 5.32 Å². The molecule has 2 fully saturated rings. The summed E-state index contributed by atoms with van der Waals surface area (Å²) in [6.45, 7) is 1.87. The zero-order valence-corrected chi connectivity index (χ0v) is 14.5. The minimum absolute atomic E-state index is 0.163. The molecule has 0 bridgehead atoms. The summed E-state index contributed by atoms with van der Waals surface area (Å²) in [6.07, 6.45) is 11.2. The minimum Gasteiger partial charge on any atom is -0.356 e. The lowest BCUT2D eigenvalue weighted by atomic mass is 9.86. The summed E-state index contributed by atoms with van der Waals surface area (Å²) in [5.41, 5.74) is 0. The molecule has 0 radical (unpaired) electrons. The van der Waals surface area contributed by atoms with Gasteiger partial charge in [0.2, 0.25) is 15.9 Å². The zero-order chi connectivity index (χ0) is 16.0. The number of carbonyl (C=O) groups is 1. The quantitative estimate of drug-likeness (QED) is 0.811.